The summed E-state index contributed by atoms with van der Waals surface area (Å²) in [6.45, 7) is 7.58. The van der Waals surface area contributed by atoms with Gasteiger partial charge in [0.2, 0.25) is 0 Å². The first-order chi connectivity index (χ1) is 15.4. The average molecular weight is 453 g/mol. The quantitative estimate of drug-likeness (QED) is 0.606. The maximum atomic E-state index is 15.1. The molecule has 1 aliphatic heterocycles. The van der Waals surface area contributed by atoms with E-state index in [0.717, 1.165) is 59.6 Å². The number of rotatable bonds is 5. The fourth-order valence-electron chi connectivity index (χ4n) is 3.94. The molecule has 2 aromatic heterocycles. The molecule has 9 heteroatoms. The van der Waals surface area contributed by atoms with Crippen LogP contribution in [0.4, 0.5) is 21.2 Å². The standard InChI is InChI=1S/C23H25FN6OS/c1-14-10-16-4-5-18(21(24)17(16)11-14)31-22-26-19(27-23-25-13-15(2)32-23)12-20(28-22)30-8-6-29(3)7-9-30/h4-5,11-13H,6-10H2,1-3H3,(H,25,26,27,28). The van der Waals surface area contributed by atoms with Crippen LogP contribution in [0.15, 0.2) is 30.0 Å². The summed E-state index contributed by atoms with van der Waals surface area (Å²) < 4.78 is 21.0. The van der Waals surface area contributed by atoms with Crippen molar-refractivity contribution in [3.05, 3.63) is 51.8 Å². The molecule has 2 aliphatic rings. The van der Waals surface area contributed by atoms with Gasteiger partial charge in [0.05, 0.1) is 0 Å². The van der Waals surface area contributed by atoms with Crippen LogP contribution in [0, 0.1) is 12.7 Å². The lowest BCUT2D eigenvalue weighted by Crippen LogP contribution is -2.44. The van der Waals surface area contributed by atoms with Gasteiger partial charge in [-0.3, -0.25) is 0 Å². The van der Waals surface area contributed by atoms with Crippen molar-refractivity contribution in [1.82, 2.24) is 19.9 Å². The fraction of sp³-hybridized carbons (Fsp3) is 0.348. The van der Waals surface area contributed by atoms with Crippen molar-refractivity contribution >= 4 is 34.2 Å². The lowest BCUT2D eigenvalue weighted by molar-refractivity contribution is 0.311. The molecule has 1 aromatic carbocycles. The number of ether oxygens (including phenoxy) is 1. The van der Waals surface area contributed by atoms with Crippen molar-refractivity contribution in [3.63, 3.8) is 0 Å². The van der Waals surface area contributed by atoms with Crippen LogP contribution >= 0.6 is 11.3 Å². The molecule has 1 fully saturated rings. The zero-order chi connectivity index (χ0) is 22.2. The van der Waals surface area contributed by atoms with E-state index in [4.69, 9.17) is 4.74 Å². The number of piperazine rings is 1. The Morgan fingerprint density at radius 1 is 1.12 bits per heavy atom. The summed E-state index contributed by atoms with van der Waals surface area (Å²) in [5.74, 6) is 1.06. The largest absolute Gasteiger partial charge is 0.421 e. The smallest absolute Gasteiger partial charge is 0.326 e. The molecule has 0 spiro atoms. The zero-order valence-electron chi connectivity index (χ0n) is 18.4. The van der Waals surface area contributed by atoms with E-state index in [0.29, 0.717) is 11.4 Å². The third-order valence-corrected chi connectivity index (χ3v) is 6.50. The molecule has 0 saturated carbocycles. The normalized spacial score (nSPS) is 16.1. The van der Waals surface area contributed by atoms with Gasteiger partial charge in [0.15, 0.2) is 16.7 Å². The maximum Gasteiger partial charge on any atom is 0.326 e. The number of aryl methyl sites for hydroxylation is 1. The van der Waals surface area contributed by atoms with Crippen molar-refractivity contribution in [1.29, 1.82) is 0 Å². The minimum atomic E-state index is -0.377. The van der Waals surface area contributed by atoms with E-state index in [1.54, 1.807) is 17.4 Å². The predicted octanol–water partition coefficient (Wildman–Crippen LogP) is 4.63. The number of anilines is 3. The highest BCUT2D eigenvalue weighted by atomic mass is 32.1. The Morgan fingerprint density at radius 3 is 2.69 bits per heavy atom. The van der Waals surface area contributed by atoms with E-state index < -0.39 is 0 Å². The molecule has 0 radical (unpaired) electrons. The molecule has 0 bridgehead atoms. The first kappa shape index (κ1) is 20.8. The van der Waals surface area contributed by atoms with Crippen LogP contribution in [0.1, 0.15) is 22.9 Å². The third kappa shape index (κ3) is 4.31. The topological polar surface area (TPSA) is 66.4 Å². The van der Waals surface area contributed by atoms with Gasteiger partial charge in [0.25, 0.3) is 0 Å². The Kier molecular flexibility index (Phi) is 5.52. The van der Waals surface area contributed by atoms with Gasteiger partial charge in [-0.05, 0) is 38.9 Å². The van der Waals surface area contributed by atoms with Crippen LogP contribution in [0.3, 0.4) is 0 Å². The van der Waals surface area contributed by atoms with Crippen LogP contribution in [-0.4, -0.2) is 53.1 Å². The van der Waals surface area contributed by atoms with Gasteiger partial charge < -0.3 is 19.9 Å². The molecule has 32 heavy (non-hydrogen) atoms. The highest BCUT2D eigenvalue weighted by Gasteiger charge is 2.21. The van der Waals surface area contributed by atoms with Crippen molar-refractivity contribution < 1.29 is 9.13 Å². The third-order valence-electron chi connectivity index (χ3n) is 5.67. The zero-order valence-corrected chi connectivity index (χ0v) is 19.2. The highest BCUT2D eigenvalue weighted by molar-refractivity contribution is 7.15. The molecule has 0 amide bonds. The minimum absolute atomic E-state index is 0.106. The van der Waals surface area contributed by atoms with Gasteiger partial charge in [0, 0.05) is 48.9 Å². The first-order valence-electron chi connectivity index (χ1n) is 10.6. The number of nitrogens with one attached hydrogen (secondary N) is 1. The van der Waals surface area contributed by atoms with Crippen LogP contribution in [0.5, 0.6) is 11.8 Å². The van der Waals surface area contributed by atoms with E-state index >= 15 is 4.39 Å². The molecule has 1 aliphatic carbocycles. The highest BCUT2D eigenvalue weighted by Crippen LogP contribution is 2.34. The van der Waals surface area contributed by atoms with Crippen molar-refractivity contribution in [3.8, 4) is 11.8 Å². The van der Waals surface area contributed by atoms with E-state index in [2.05, 4.69) is 37.1 Å². The molecule has 1 saturated heterocycles. The van der Waals surface area contributed by atoms with E-state index in [1.165, 1.54) is 0 Å². The fourth-order valence-corrected chi connectivity index (χ4v) is 4.61. The first-order valence-corrected chi connectivity index (χ1v) is 11.4. The number of fused-ring (bicyclic) bond motifs is 1. The average Bonchev–Trinajstić information content (AvgIpc) is 3.35. The van der Waals surface area contributed by atoms with E-state index in [1.807, 2.05) is 38.3 Å². The summed E-state index contributed by atoms with van der Waals surface area (Å²) in [5, 5.41) is 3.97. The molecule has 166 valence electrons. The Labute approximate surface area is 190 Å². The number of benzene rings is 1. The van der Waals surface area contributed by atoms with Crippen molar-refractivity contribution in [2.75, 3.05) is 43.4 Å². The number of nitrogens with zero attached hydrogens (tertiary/aromatic N) is 5. The minimum Gasteiger partial charge on any atom is -0.421 e. The summed E-state index contributed by atoms with van der Waals surface area (Å²) in [6.07, 6.45) is 4.45. The number of thiazole rings is 1. The van der Waals surface area contributed by atoms with Gasteiger partial charge >= 0.3 is 6.01 Å². The number of halogens is 1. The van der Waals surface area contributed by atoms with Crippen LogP contribution < -0.4 is 15.0 Å². The Bertz CT molecular complexity index is 1190. The second-order valence-corrected chi connectivity index (χ2v) is 9.54. The van der Waals surface area contributed by atoms with E-state index in [-0.39, 0.29) is 17.6 Å². The molecule has 1 N–H and O–H groups in total. The molecule has 3 heterocycles. The van der Waals surface area contributed by atoms with Crippen LogP contribution in [-0.2, 0) is 6.42 Å². The van der Waals surface area contributed by atoms with Gasteiger partial charge in [-0.25, -0.2) is 9.37 Å². The Balaban J connectivity index is 1.47. The molecular formula is C23H25FN6OS. The predicted molar refractivity (Wildman–Crippen MR) is 126 cm³/mol. The monoisotopic (exact) mass is 452 g/mol. The van der Waals surface area contributed by atoms with Gasteiger partial charge in [-0.2, -0.15) is 9.97 Å². The molecular weight excluding hydrogens is 427 g/mol. The lowest BCUT2D eigenvalue weighted by Gasteiger charge is -2.33. The Morgan fingerprint density at radius 2 is 1.94 bits per heavy atom. The molecule has 5 rings (SSSR count). The number of allylic oxidation sites excluding steroid dienone is 1. The maximum absolute atomic E-state index is 15.1. The number of likely N-dealkylation sites (N-methyl/N-ethyl adjacent to an activating group) is 1. The SMILES string of the molecule is CC1=Cc2c(ccc(Oc3nc(Nc4ncc(C)s4)cc(N4CCN(C)CC4)n3)c2F)C1. The Hall–Kier alpha value is -3.04. The number of hydrogen-bond acceptors (Lipinski definition) is 8. The second kappa shape index (κ2) is 8.48. The summed E-state index contributed by atoms with van der Waals surface area (Å²) in [5.41, 5.74) is 2.70. The van der Waals surface area contributed by atoms with Crippen molar-refractivity contribution in [2.24, 2.45) is 0 Å². The molecule has 3 aromatic rings. The van der Waals surface area contributed by atoms with Crippen LogP contribution in [0.2, 0.25) is 0 Å². The summed E-state index contributed by atoms with van der Waals surface area (Å²) in [7, 11) is 2.11. The molecule has 0 unspecified atom stereocenters. The summed E-state index contributed by atoms with van der Waals surface area (Å²) >= 11 is 1.54. The van der Waals surface area contributed by atoms with Crippen molar-refractivity contribution in [2.45, 2.75) is 20.3 Å². The molecule has 7 nitrogen and oxygen atoms in total. The lowest BCUT2D eigenvalue weighted by atomic mass is 10.1. The van der Waals surface area contributed by atoms with Gasteiger partial charge in [-0.1, -0.05) is 17.7 Å². The summed E-state index contributed by atoms with van der Waals surface area (Å²) in [4.78, 5) is 19.0. The number of hydrogen-bond donors (Lipinski definition) is 1. The molecule has 0 atom stereocenters. The second-order valence-electron chi connectivity index (χ2n) is 8.31. The van der Waals surface area contributed by atoms with Crippen LogP contribution in [0.25, 0.3) is 6.08 Å². The number of aromatic nitrogens is 3. The van der Waals surface area contributed by atoms with Gasteiger partial charge in [0.1, 0.15) is 11.6 Å². The van der Waals surface area contributed by atoms with Gasteiger partial charge in [-0.15, -0.1) is 11.3 Å². The van der Waals surface area contributed by atoms with E-state index in [9.17, 15) is 0 Å². The summed E-state index contributed by atoms with van der Waals surface area (Å²) in [6, 6.07) is 5.56.